The zero-order chi connectivity index (χ0) is 15.5. The lowest BCUT2D eigenvalue weighted by Crippen LogP contribution is -2.14. The molecule has 1 N–H and O–H groups in total. The van der Waals surface area contributed by atoms with Crippen molar-refractivity contribution in [3.8, 4) is 5.75 Å². The van der Waals surface area contributed by atoms with Crippen molar-refractivity contribution in [1.29, 1.82) is 0 Å². The second-order valence-electron chi connectivity index (χ2n) is 6.01. The molecule has 0 aliphatic heterocycles. The second kappa shape index (κ2) is 6.00. The molecule has 21 heavy (non-hydrogen) atoms. The standard InChI is InChI=1S/C18H21NO2/c1-18(2,3)14-7-5-13(6-8-14)17(20)19-15-9-11-16(21-4)12-10-15/h5-12H,1-4H3,(H,19,20). The van der Waals surface area contributed by atoms with Crippen molar-refractivity contribution in [3.63, 3.8) is 0 Å². The summed E-state index contributed by atoms with van der Waals surface area (Å²) in [6.07, 6.45) is 0. The van der Waals surface area contributed by atoms with Crippen LogP contribution in [0.2, 0.25) is 0 Å². The van der Waals surface area contributed by atoms with Crippen LogP contribution in [0.25, 0.3) is 0 Å². The fourth-order valence-corrected chi connectivity index (χ4v) is 2.00. The van der Waals surface area contributed by atoms with Crippen molar-refractivity contribution in [2.45, 2.75) is 26.2 Å². The molecule has 0 bridgehead atoms. The number of nitrogens with one attached hydrogen (secondary N) is 1. The van der Waals surface area contributed by atoms with E-state index in [4.69, 9.17) is 4.74 Å². The zero-order valence-electron chi connectivity index (χ0n) is 12.9. The summed E-state index contributed by atoms with van der Waals surface area (Å²) in [5.41, 5.74) is 2.70. The van der Waals surface area contributed by atoms with E-state index in [-0.39, 0.29) is 11.3 Å². The molecule has 2 aromatic rings. The minimum Gasteiger partial charge on any atom is -0.497 e. The highest BCUT2D eigenvalue weighted by Crippen LogP contribution is 2.22. The number of hydrogen-bond donors (Lipinski definition) is 1. The van der Waals surface area contributed by atoms with Crippen molar-refractivity contribution >= 4 is 11.6 Å². The van der Waals surface area contributed by atoms with E-state index in [1.165, 1.54) is 5.56 Å². The quantitative estimate of drug-likeness (QED) is 0.914. The van der Waals surface area contributed by atoms with Crippen molar-refractivity contribution in [3.05, 3.63) is 59.7 Å². The molecule has 0 spiro atoms. The monoisotopic (exact) mass is 283 g/mol. The molecule has 0 aliphatic carbocycles. The van der Waals surface area contributed by atoms with E-state index in [1.807, 2.05) is 48.5 Å². The molecule has 0 aromatic heterocycles. The fourth-order valence-electron chi connectivity index (χ4n) is 2.00. The molecule has 0 atom stereocenters. The molecule has 0 aliphatic rings. The van der Waals surface area contributed by atoms with Crippen LogP contribution in [0.4, 0.5) is 5.69 Å². The molecule has 0 radical (unpaired) electrons. The van der Waals surface area contributed by atoms with Gasteiger partial charge in [0, 0.05) is 11.3 Å². The Morgan fingerprint density at radius 3 is 2.00 bits per heavy atom. The lowest BCUT2D eigenvalue weighted by Gasteiger charge is -2.19. The van der Waals surface area contributed by atoms with Crippen LogP contribution < -0.4 is 10.1 Å². The number of anilines is 1. The van der Waals surface area contributed by atoms with Gasteiger partial charge < -0.3 is 10.1 Å². The van der Waals surface area contributed by atoms with E-state index in [1.54, 1.807) is 7.11 Å². The van der Waals surface area contributed by atoms with E-state index >= 15 is 0 Å². The van der Waals surface area contributed by atoms with Gasteiger partial charge in [-0.1, -0.05) is 32.9 Å². The normalized spacial score (nSPS) is 11.0. The van der Waals surface area contributed by atoms with E-state index < -0.39 is 0 Å². The number of hydrogen-bond acceptors (Lipinski definition) is 2. The first-order valence-electron chi connectivity index (χ1n) is 6.96. The third kappa shape index (κ3) is 3.85. The molecule has 0 fully saturated rings. The summed E-state index contributed by atoms with van der Waals surface area (Å²) >= 11 is 0. The van der Waals surface area contributed by atoms with Gasteiger partial charge in [0.1, 0.15) is 5.75 Å². The van der Waals surface area contributed by atoms with Gasteiger partial charge in [0.2, 0.25) is 0 Å². The summed E-state index contributed by atoms with van der Waals surface area (Å²) in [5.74, 6) is 0.656. The topological polar surface area (TPSA) is 38.3 Å². The van der Waals surface area contributed by atoms with Gasteiger partial charge in [-0.15, -0.1) is 0 Å². The van der Waals surface area contributed by atoms with Crippen LogP contribution in [-0.2, 0) is 5.41 Å². The van der Waals surface area contributed by atoms with Gasteiger partial charge in [0.05, 0.1) is 7.11 Å². The number of amides is 1. The first-order valence-corrected chi connectivity index (χ1v) is 6.96. The third-order valence-electron chi connectivity index (χ3n) is 3.36. The molecule has 2 aromatic carbocycles. The summed E-state index contributed by atoms with van der Waals surface area (Å²) in [6.45, 7) is 6.46. The van der Waals surface area contributed by atoms with Crippen LogP contribution in [-0.4, -0.2) is 13.0 Å². The Labute approximate surface area is 126 Å². The van der Waals surface area contributed by atoms with Crippen molar-refractivity contribution < 1.29 is 9.53 Å². The third-order valence-corrected chi connectivity index (χ3v) is 3.36. The molecule has 1 amide bonds. The van der Waals surface area contributed by atoms with Crippen molar-refractivity contribution in [2.24, 2.45) is 0 Å². The predicted molar refractivity (Wildman–Crippen MR) is 86.1 cm³/mol. The summed E-state index contributed by atoms with van der Waals surface area (Å²) in [6, 6.07) is 15.0. The van der Waals surface area contributed by atoms with Crippen molar-refractivity contribution in [1.82, 2.24) is 0 Å². The minimum absolute atomic E-state index is 0.0883. The van der Waals surface area contributed by atoms with Gasteiger partial charge in [-0.2, -0.15) is 0 Å². The van der Waals surface area contributed by atoms with Gasteiger partial charge >= 0.3 is 0 Å². The molecule has 0 heterocycles. The lowest BCUT2D eigenvalue weighted by atomic mass is 9.87. The number of carbonyl (C=O) groups is 1. The Hall–Kier alpha value is -2.29. The largest absolute Gasteiger partial charge is 0.497 e. The number of methoxy groups -OCH3 is 1. The van der Waals surface area contributed by atoms with Crippen LogP contribution in [0.5, 0.6) is 5.75 Å². The van der Waals surface area contributed by atoms with Crippen LogP contribution in [0.1, 0.15) is 36.7 Å². The van der Waals surface area contributed by atoms with Crippen LogP contribution in [0.15, 0.2) is 48.5 Å². The molecule has 0 saturated heterocycles. The summed E-state index contributed by atoms with van der Waals surface area (Å²) in [7, 11) is 1.62. The Bertz CT molecular complexity index is 607. The van der Waals surface area contributed by atoms with E-state index in [2.05, 4.69) is 26.1 Å². The SMILES string of the molecule is COc1ccc(NC(=O)c2ccc(C(C)(C)C)cc2)cc1. The predicted octanol–water partition coefficient (Wildman–Crippen LogP) is 4.25. The van der Waals surface area contributed by atoms with E-state index in [9.17, 15) is 4.79 Å². The first-order chi connectivity index (χ1) is 9.90. The Balaban J connectivity index is 2.09. The van der Waals surface area contributed by atoms with Crippen LogP contribution >= 0.6 is 0 Å². The smallest absolute Gasteiger partial charge is 0.255 e. The maximum Gasteiger partial charge on any atom is 0.255 e. The van der Waals surface area contributed by atoms with Crippen LogP contribution in [0, 0.1) is 0 Å². The van der Waals surface area contributed by atoms with Gasteiger partial charge in [-0.3, -0.25) is 4.79 Å². The Morgan fingerprint density at radius 1 is 0.952 bits per heavy atom. The molecule has 3 heteroatoms. The molecular formula is C18H21NO2. The molecule has 0 unspecified atom stereocenters. The minimum atomic E-state index is -0.111. The number of rotatable bonds is 3. The number of ether oxygens (including phenoxy) is 1. The fraction of sp³-hybridized carbons (Fsp3) is 0.278. The Morgan fingerprint density at radius 2 is 1.52 bits per heavy atom. The van der Waals surface area contributed by atoms with Gasteiger partial charge in [-0.05, 0) is 47.4 Å². The molecule has 2 rings (SSSR count). The number of carbonyl (C=O) groups excluding carboxylic acids is 1. The zero-order valence-corrected chi connectivity index (χ0v) is 12.9. The molecule has 110 valence electrons. The van der Waals surface area contributed by atoms with E-state index in [0.717, 1.165) is 11.4 Å². The highest BCUT2D eigenvalue weighted by molar-refractivity contribution is 6.04. The van der Waals surface area contributed by atoms with Crippen molar-refractivity contribution in [2.75, 3.05) is 12.4 Å². The highest BCUT2D eigenvalue weighted by atomic mass is 16.5. The average Bonchev–Trinajstić information content (AvgIpc) is 2.47. The van der Waals surface area contributed by atoms with Gasteiger partial charge in [0.25, 0.3) is 5.91 Å². The maximum absolute atomic E-state index is 12.2. The average molecular weight is 283 g/mol. The summed E-state index contributed by atoms with van der Waals surface area (Å²) in [4.78, 5) is 12.2. The summed E-state index contributed by atoms with van der Waals surface area (Å²) in [5, 5.41) is 2.87. The molecular weight excluding hydrogens is 262 g/mol. The van der Waals surface area contributed by atoms with E-state index in [0.29, 0.717) is 5.56 Å². The van der Waals surface area contributed by atoms with Crippen LogP contribution in [0.3, 0.4) is 0 Å². The Kier molecular flexibility index (Phi) is 4.32. The first kappa shape index (κ1) is 15.1. The number of benzene rings is 2. The summed E-state index contributed by atoms with van der Waals surface area (Å²) < 4.78 is 5.09. The van der Waals surface area contributed by atoms with Gasteiger partial charge in [0.15, 0.2) is 0 Å². The molecule has 0 saturated carbocycles. The van der Waals surface area contributed by atoms with Gasteiger partial charge in [-0.25, -0.2) is 0 Å². The highest BCUT2D eigenvalue weighted by Gasteiger charge is 2.14. The maximum atomic E-state index is 12.2. The second-order valence-corrected chi connectivity index (χ2v) is 6.01. The molecule has 3 nitrogen and oxygen atoms in total. The lowest BCUT2D eigenvalue weighted by molar-refractivity contribution is 0.102.